The molecule has 0 radical (unpaired) electrons. The molecule has 2 saturated heterocycles. The van der Waals surface area contributed by atoms with E-state index in [1.165, 1.54) is 0 Å². The Balaban J connectivity index is 1.68. The van der Waals surface area contributed by atoms with Crippen molar-refractivity contribution in [2.45, 2.75) is 51.3 Å². The summed E-state index contributed by atoms with van der Waals surface area (Å²) in [5.41, 5.74) is 0. The smallest absolute Gasteiger partial charge is 0.318 e. The Kier molecular flexibility index (Phi) is 5.22. The number of methoxy groups -OCH3 is 1. The molecule has 9 nitrogen and oxygen atoms in total. The summed E-state index contributed by atoms with van der Waals surface area (Å²) < 4.78 is 10.5. The maximum absolute atomic E-state index is 12.8. The van der Waals surface area contributed by atoms with Crippen LogP contribution >= 0.6 is 0 Å². The average Bonchev–Trinajstić information content (AvgIpc) is 3.33. The minimum Gasteiger partial charge on any atom is -0.380 e. The van der Waals surface area contributed by atoms with E-state index in [4.69, 9.17) is 9.26 Å². The fourth-order valence-electron chi connectivity index (χ4n) is 3.39. The van der Waals surface area contributed by atoms with Crippen molar-refractivity contribution in [1.82, 2.24) is 25.3 Å². The third-order valence-electron chi connectivity index (χ3n) is 4.81. The van der Waals surface area contributed by atoms with Crippen LogP contribution in [0.3, 0.4) is 0 Å². The van der Waals surface area contributed by atoms with Crippen LogP contribution in [0.1, 0.15) is 43.9 Å². The highest BCUT2D eigenvalue weighted by Crippen LogP contribution is 2.24. The fraction of sp³-hybridized carbons (Fsp3) is 0.750. The zero-order valence-electron chi connectivity index (χ0n) is 14.9. The zero-order valence-corrected chi connectivity index (χ0v) is 14.9. The van der Waals surface area contributed by atoms with Crippen LogP contribution in [-0.4, -0.2) is 70.8 Å². The lowest BCUT2D eigenvalue weighted by molar-refractivity contribution is -0.134. The van der Waals surface area contributed by atoms with Gasteiger partial charge in [-0.2, -0.15) is 4.98 Å². The van der Waals surface area contributed by atoms with Gasteiger partial charge in [0.15, 0.2) is 5.82 Å². The number of ether oxygens (including phenoxy) is 1. The minimum atomic E-state index is -0.486. The number of aryl methyl sites for hydroxylation is 1. The molecule has 3 amide bonds. The second-order valence-electron chi connectivity index (χ2n) is 6.64. The van der Waals surface area contributed by atoms with E-state index in [9.17, 15) is 9.59 Å². The summed E-state index contributed by atoms with van der Waals surface area (Å²) in [6.45, 7) is 5.41. The van der Waals surface area contributed by atoms with Crippen LogP contribution in [0, 0.1) is 6.92 Å². The van der Waals surface area contributed by atoms with Gasteiger partial charge < -0.3 is 24.4 Å². The number of urea groups is 1. The zero-order chi connectivity index (χ0) is 18.0. The van der Waals surface area contributed by atoms with E-state index in [0.29, 0.717) is 24.7 Å². The van der Waals surface area contributed by atoms with Crippen molar-refractivity contribution < 1.29 is 18.8 Å². The molecule has 2 fully saturated rings. The van der Waals surface area contributed by atoms with E-state index in [0.717, 1.165) is 25.9 Å². The van der Waals surface area contributed by atoms with Crippen molar-refractivity contribution in [1.29, 1.82) is 0 Å². The standard InChI is InChI=1S/C16H25N5O4/c1-10(14-18-11(2)19-25-14)17-16(23)21-9-12(24-3)8-13(21)15(22)20-6-4-5-7-20/h10,12-13H,4-9H2,1-3H3,(H,17,23)/t10?,12-,13-/m0/s1. The van der Waals surface area contributed by atoms with Crippen molar-refractivity contribution in [2.75, 3.05) is 26.7 Å². The molecule has 9 heteroatoms. The molecule has 2 aliphatic rings. The van der Waals surface area contributed by atoms with E-state index < -0.39 is 12.1 Å². The monoisotopic (exact) mass is 351 g/mol. The lowest BCUT2D eigenvalue weighted by Crippen LogP contribution is -2.50. The maximum atomic E-state index is 12.8. The molecular weight excluding hydrogens is 326 g/mol. The van der Waals surface area contributed by atoms with Crippen LogP contribution in [0.5, 0.6) is 0 Å². The number of hydrogen-bond donors (Lipinski definition) is 1. The molecule has 0 aromatic carbocycles. The molecule has 1 unspecified atom stereocenters. The second kappa shape index (κ2) is 7.38. The first-order valence-electron chi connectivity index (χ1n) is 8.68. The summed E-state index contributed by atoms with van der Waals surface area (Å²) in [4.78, 5) is 33.0. The van der Waals surface area contributed by atoms with Crippen molar-refractivity contribution in [3.63, 3.8) is 0 Å². The summed E-state index contributed by atoms with van der Waals surface area (Å²) in [6, 6.07) is -1.24. The summed E-state index contributed by atoms with van der Waals surface area (Å²) in [6.07, 6.45) is 2.42. The molecule has 25 heavy (non-hydrogen) atoms. The molecule has 0 aliphatic carbocycles. The minimum absolute atomic E-state index is 0.00786. The fourth-order valence-corrected chi connectivity index (χ4v) is 3.39. The average molecular weight is 351 g/mol. The molecule has 3 heterocycles. The lowest BCUT2D eigenvalue weighted by atomic mass is 10.1. The van der Waals surface area contributed by atoms with Crippen molar-refractivity contribution in [3.05, 3.63) is 11.7 Å². The number of likely N-dealkylation sites (tertiary alicyclic amines) is 2. The normalized spacial score (nSPS) is 24.6. The van der Waals surface area contributed by atoms with Crippen LogP contribution in [-0.2, 0) is 9.53 Å². The van der Waals surface area contributed by atoms with E-state index in [2.05, 4.69) is 15.5 Å². The van der Waals surface area contributed by atoms with E-state index in [1.54, 1.807) is 25.9 Å². The number of carbonyl (C=O) groups is 2. The van der Waals surface area contributed by atoms with Gasteiger partial charge in [-0.1, -0.05) is 5.16 Å². The van der Waals surface area contributed by atoms with Gasteiger partial charge in [0.25, 0.3) is 0 Å². The molecular formula is C16H25N5O4. The molecule has 138 valence electrons. The quantitative estimate of drug-likeness (QED) is 0.863. The number of nitrogens with one attached hydrogen (secondary N) is 1. The van der Waals surface area contributed by atoms with Gasteiger partial charge in [-0.25, -0.2) is 4.79 Å². The van der Waals surface area contributed by atoms with Gasteiger partial charge >= 0.3 is 6.03 Å². The predicted molar refractivity (Wildman–Crippen MR) is 87.7 cm³/mol. The Morgan fingerprint density at radius 3 is 2.68 bits per heavy atom. The van der Waals surface area contributed by atoms with Gasteiger partial charge in [0.1, 0.15) is 12.1 Å². The molecule has 1 aromatic rings. The number of carbonyl (C=O) groups excluding carboxylic acids is 2. The largest absolute Gasteiger partial charge is 0.380 e. The number of rotatable bonds is 4. The van der Waals surface area contributed by atoms with E-state index in [1.807, 2.05) is 4.90 Å². The number of aromatic nitrogens is 2. The van der Waals surface area contributed by atoms with E-state index >= 15 is 0 Å². The maximum Gasteiger partial charge on any atom is 0.318 e. The van der Waals surface area contributed by atoms with Gasteiger partial charge in [-0.15, -0.1) is 0 Å². The van der Waals surface area contributed by atoms with Crippen LogP contribution in [0.15, 0.2) is 4.52 Å². The first-order chi connectivity index (χ1) is 12.0. The Morgan fingerprint density at radius 1 is 1.36 bits per heavy atom. The Hall–Kier alpha value is -2.16. The van der Waals surface area contributed by atoms with Crippen molar-refractivity contribution in [3.8, 4) is 0 Å². The first kappa shape index (κ1) is 17.7. The molecule has 0 saturated carbocycles. The summed E-state index contributed by atoms with van der Waals surface area (Å²) in [5, 5.41) is 6.57. The van der Waals surface area contributed by atoms with Gasteiger partial charge in [0, 0.05) is 33.2 Å². The molecule has 3 rings (SSSR count). The third kappa shape index (κ3) is 3.76. The highest BCUT2D eigenvalue weighted by molar-refractivity contribution is 5.88. The van der Waals surface area contributed by atoms with Crippen LogP contribution < -0.4 is 5.32 Å². The Labute approximate surface area is 146 Å². The number of amides is 3. The number of nitrogens with zero attached hydrogens (tertiary/aromatic N) is 4. The second-order valence-corrected chi connectivity index (χ2v) is 6.64. The lowest BCUT2D eigenvalue weighted by Gasteiger charge is -2.28. The summed E-state index contributed by atoms with van der Waals surface area (Å²) in [7, 11) is 1.60. The van der Waals surface area contributed by atoms with Gasteiger partial charge in [-0.3, -0.25) is 4.79 Å². The van der Waals surface area contributed by atoms with Crippen LogP contribution in [0.2, 0.25) is 0 Å². The SMILES string of the molecule is CO[C@H]1C[C@@H](C(=O)N2CCCC2)N(C(=O)NC(C)c2nc(C)no2)C1. The summed E-state index contributed by atoms with van der Waals surface area (Å²) >= 11 is 0. The first-order valence-corrected chi connectivity index (χ1v) is 8.68. The van der Waals surface area contributed by atoms with E-state index in [-0.39, 0.29) is 18.0 Å². The highest BCUT2D eigenvalue weighted by Gasteiger charge is 2.42. The molecule has 3 atom stereocenters. The summed E-state index contributed by atoms with van der Waals surface area (Å²) in [5.74, 6) is 0.864. The van der Waals surface area contributed by atoms with Crippen molar-refractivity contribution in [2.24, 2.45) is 0 Å². The molecule has 1 N–H and O–H groups in total. The molecule has 0 bridgehead atoms. The Bertz CT molecular complexity index is 628. The van der Waals surface area contributed by atoms with Gasteiger partial charge in [0.2, 0.25) is 11.8 Å². The molecule has 2 aliphatic heterocycles. The van der Waals surface area contributed by atoms with Crippen molar-refractivity contribution >= 4 is 11.9 Å². The Morgan fingerprint density at radius 2 is 2.08 bits per heavy atom. The third-order valence-corrected chi connectivity index (χ3v) is 4.81. The number of hydrogen-bond acceptors (Lipinski definition) is 6. The van der Waals surface area contributed by atoms with Crippen LogP contribution in [0.25, 0.3) is 0 Å². The van der Waals surface area contributed by atoms with Crippen LogP contribution in [0.4, 0.5) is 4.79 Å². The topological polar surface area (TPSA) is 101 Å². The molecule has 1 aromatic heterocycles. The highest BCUT2D eigenvalue weighted by atomic mass is 16.5. The molecule has 0 spiro atoms. The van der Waals surface area contributed by atoms with Gasteiger partial charge in [-0.05, 0) is 26.7 Å². The predicted octanol–water partition coefficient (Wildman–Crippen LogP) is 0.860. The van der Waals surface area contributed by atoms with Gasteiger partial charge in [0.05, 0.1) is 6.10 Å².